The summed E-state index contributed by atoms with van der Waals surface area (Å²) < 4.78 is 5.37. The third kappa shape index (κ3) is 2.56. The van der Waals surface area contributed by atoms with E-state index in [1.807, 2.05) is 19.2 Å². The summed E-state index contributed by atoms with van der Waals surface area (Å²) in [6.07, 6.45) is 4.41. The van der Waals surface area contributed by atoms with Crippen LogP contribution in [0.3, 0.4) is 0 Å². The van der Waals surface area contributed by atoms with E-state index in [1.54, 1.807) is 12.4 Å². The van der Waals surface area contributed by atoms with Crippen LogP contribution in [0.1, 0.15) is 32.1 Å². The largest absolute Gasteiger partial charge is 0.339 e. The molecule has 0 aliphatic rings. The van der Waals surface area contributed by atoms with Gasteiger partial charge in [0.25, 0.3) is 0 Å². The lowest BCUT2D eigenvalue weighted by molar-refractivity contribution is 0.322. The predicted molar refractivity (Wildman–Crippen MR) is 69.1 cm³/mol. The van der Waals surface area contributed by atoms with Gasteiger partial charge in [0.1, 0.15) is 0 Å². The van der Waals surface area contributed by atoms with Crippen LogP contribution >= 0.6 is 0 Å². The molecule has 2 aromatic rings. The summed E-state index contributed by atoms with van der Waals surface area (Å²) in [7, 11) is 1.94. The van der Waals surface area contributed by atoms with E-state index in [9.17, 15) is 0 Å². The normalized spacial score (nSPS) is 14.4. The summed E-state index contributed by atoms with van der Waals surface area (Å²) >= 11 is 0. The molecule has 0 spiro atoms. The molecule has 18 heavy (non-hydrogen) atoms. The number of nitrogens with one attached hydrogen (secondary N) is 1. The van der Waals surface area contributed by atoms with Crippen LogP contribution in [0.5, 0.6) is 0 Å². The Bertz CT molecular complexity index is 483. The van der Waals surface area contributed by atoms with Crippen LogP contribution in [0.4, 0.5) is 0 Å². The van der Waals surface area contributed by atoms with Gasteiger partial charge in [0, 0.05) is 24.0 Å². The van der Waals surface area contributed by atoms with Crippen LogP contribution in [-0.2, 0) is 0 Å². The Labute approximate surface area is 107 Å². The molecule has 2 aromatic heterocycles. The Morgan fingerprint density at radius 3 is 2.89 bits per heavy atom. The highest BCUT2D eigenvalue weighted by atomic mass is 16.5. The fourth-order valence-corrected chi connectivity index (χ4v) is 1.94. The first kappa shape index (κ1) is 12.7. The molecule has 0 radical (unpaired) electrons. The molecule has 2 unspecified atom stereocenters. The molecule has 0 amide bonds. The molecule has 5 nitrogen and oxygen atoms in total. The Balaban J connectivity index is 2.25. The first-order chi connectivity index (χ1) is 8.76. The van der Waals surface area contributed by atoms with E-state index >= 15 is 0 Å². The van der Waals surface area contributed by atoms with Gasteiger partial charge < -0.3 is 9.84 Å². The second-order valence-electron chi connectivity index (χ2n) is 4.29. The van der Waals surface area contributed by atoms with Gasteiger partial charge in [-0.15, -0.1) is 0 Å². The molecule has 0 saturated heterocycles. The molecule has 0 aliphatic carbocycles. The Kier molecular flexibility index (Phi) is 4.04. The molecule has 0 aliphatic heterocycles. The molecule has 0 bridgehead atoms. The Morgan fingerprint density at radius 1 is 1.44 bits per heavy atom. The Morgan fingerprint density at radius 2 is 2.28 bits per heavy atom. The summed E-state index contributed by atoms with van der Waals surface area (Å²) in [5, 5.41) is 7.24. The van der Waals surface area contributed by atoms with E-state index in [2.05, 4.69) is 34.3 Å². The summed E-state index contributed by atoms with van der Waals surface area (Å²) in [5.41, 5.74) is 0.875. The van der Waals surface area contributed by atoms with Gasteiger partial charge in [-0.1, -0.05) is 12.1 Å². The summed E-state index contributed by atoms with van der Waals surface area (Å²) in [5.74, 6) is 1.51. The summed E-state index contributed by atoms with van der Waals surface area (Å²) in [6, 6.07) is 4.08. The smallest absolute Gasteiger partial charge is 0.231 e. The second-order valence-corrected chi connectivity index (χ2v) is 4.29. The first-order valence-corrected chi connectivity index (χ1v) is 6.17. The van der Waals surface area contributed by atoms with Gasteiger partial charge in [0.05, 0.1) is 5.92 Å². The van der Waals surface area contributed by atoms with Gasteiger partial charge in [-0.25, -0.2) is 0 Å². The SMILES string of the molecule is CCC(c1nc(-c2cccnc2)no1)C(C)NC. The predicted octanol–water partition coefficient (Wildman–Crippen LogP) is 2.23. The second kappa shape index (κ2) is 5.73. The average molecular weight is 246 g/mol. The molecular weight excluding hydrogens is 228 g/mol. The highest BCUT2D eigenvalue weighted by Gasteiger charge is 2.22. The molecule has 96 valence electrons. The number of hydrogen-bond acceptors (Lipinski definition) is 5. The Hall–Kier alpha value is -1.75. The van der Waals surface area contributed by atoms with E-state index in [-0.39, 0.29) is 5.92 Å². The monoisotopic (exact) mass is 246 g/mol. The van der Waals surface area contributed by atoms with Crippen LogP contribution < -0.4 is 5.32 Å². The van der Waals surface area contributed by atoms with Crippen molar-refractivity contribution in [3.8, 4) is 11.4 Å². The minimum Gasteiger partial charge on any atom is -0.339 e. The quantitative estimate of drug-likeness (QED) is 0.876. The van der Waals surface area contributed by atoms with E-state index in [0.29, 0.717) is 17.8 Å². The lowest BCUT2D eigenvalue weighted by Gasteiger charge is -2.17. The average Bonchev–Trinajstić information content (AvgIpc) is 2.90. The molecule has 2 rings (SSSR count). The molecule has 0 aromatic carbocycles. The number of aromatic nitrogens is 3. The van der Waals surface area contributed by atoms with E-state index in [1.165, 1.54) is 0 Å². The minimum atomic E-state index is 0.230. The van der Waals surface area contributed by atoms with Crippen molar-refractivity contribution in [1.82, 2.24) is 20.4 Å². The van der Waals surface area contributed by atoms with Gasteiger partial charge in [0.2, 0.25) is 11.7 Å². The number of likely N-dealkylation sites (N-methyl/N-ethyl adjacent to an activating group) is 1. The highest BCUT2D eigenvalue weighted by Crippen LogP contribution is 2.24. The van der Waals surface area contributed by atoms with Crippen molar-refractivity contribution in [2.45, 2.75) is 32.2 Å². The zero-order valence-electron chi connectivity index (χ0n) is 10.9. The lowest BCUT2D eigenvalue weighted by Crippen LogP contribution is -2.28. The van der Waals surface area contributed by atoms with E-state index in [0.717, 1.165) is 12.0 Å². The number of pyridine rings is 1. The van der Waals surface area contributed by atoms with Crippen molar-refractivity contribution in [2.75, 3.05) is 7.05 Å². The minimum absolute atomic E-state index is 0.230. The number of rotatable bonds is 5. The standard InChI is InChI=1S/C13H18N4O/c1-4-11(9(2)14-3)13-16-12(17-18-13)10-6-5-7-15-8-10/h5-9,11,14H,4H2,1-3H3. The maximum atomic E-state index is 5.37. The maximum Gasteiger partial charge on any atom is 0.231 e. The molecular formula is C13H18N4O. The lowest BCUT2D eigenvalue weighted by atomic mass is 9.98. The zero-order valence-corrected chi connectivity index (χ0v) is 10.9. The molecule has 2 heterocycles. The van der Waals surface area contributed by atoms with E-state index < -0.39 is 0 Å². The third-order valence-electron chi connectivity index (χ3n) is 3.18. The van der Waals surface area contributed by atoms with Crippen LogP contribution in [0.2, 0.25) is 0 Å². The van der Waals surface area contributed by atoms with E-state index in [4.69, 9.17) is 4.52 Å². The van der Waals surface area contributed by atoms with Gasteiger partial charge >= 0.3 is 0 Å². The van der Waals surface area contributed by atoms with Crippen molar-refractivity contribution in [3.63, 3.8) is 0 Å². The van der Waals surface area contributed by atoms with Gasteiger partial charge in [-0.2, -0.15) is 4.98 Å². The number of hydrogen-bond donors (Lipinski definition) is 1. The van der Waals surface area contributed by atoms with Gasteiger partial charge in [-0.3, -0.25) is 4.98 Å². The van der Waals surface area contributed by atoms with Crippen LogP contribution in [0.25, 0.3) is 11.4 Å². The van der Waals surface area contributed by atoms with Crippen LogP contribution in [0, 0.1) is 0 Å². The maximum absolute atomic E-state index is 5.37. The molecule has 1 N–H and O–H groups in total. The summed E-state index contributed by atoms with van der Waals surface area (Å²) in [4.78, 5) is 8.52. The van der Waals surface area contributed by atoms with Crippen molar-refractivity contribution in [1.29, 1.82) is 0 Å². The molecule has 2 atom stereocenters. The van der Waals surface area contributed by atoms with Crippen LogP contribution in [-0.4, -0.2) is 28.2 Å². The van der Waals surface area contributed by atoms with Crippen molar-refractivity contribution in [2.24, 2.45) is 0 Å². The first-order valence-electron chi connectivity index (χ1n) is 6.17. The fraction of sp³-hybridized carbons (Fsp3) is 0.462. The molecule has 5 heteroatoms. The number of nitrogens with zero attached hydrogens (tertiary/aromatic N) is 3. The van der Waals surface area contributed by atoms with Gasteiger partial charge in [0.15, 0.2) is 0 Å². The van der Waals surface area contributed by atoms with Crippen molar-refractivity contribution < 1.29 is 4.52 Å². The molecule has 0 saturated carbocycles. The summed E-state index contributed by atoms with van der Waals surface area (Å²) in [6.45, 7) is 4.23. The van der Waals surface area contributed by atoms with Crippen LogP contribution in [0.15, 0.2) is 29.0 Å². The highest BCUT2D eigenvalue weighted by molar-refractivity contribution is 5.51. The van der Waals surface area contributed by atoms with Crippen molar-refractivity contribution >= 4 is 0 Å². The third-order valence-corrected chi connectivity index (χ3v) is 3.18. The fourth-order valence-electron chi connectivity index (χ4n) is 1.94. The topological polar surface area (TPSA) is 63.8 Å². The van der Waals surface area contributed by atoms with Gasteiger partial charge in [-0.05, 0) is 32.5 Å². The molecule has 0 fully saturated rings. The van der Waals surface area contributed by atoms with Crippen molar-refractivity contribution in [3.05, 3.63) is 30.4 Å². The zero-order chi connectivity index (χ0) is 13.0.